The van der Waals surface area contributed by atoms with Crippen LogP contribution in [-0.2, 0) is 6.54 Å². The van der Waals surface area contributed by atoms with Crippen LogP contribution in [0.25, 0.3) is 0 Å². The number of nitrogens with two attached hydrogens (primary N) is 1. The molecule has 1 saturated heterocycles. The fourth-order valence-electron chi connectivity index (χ4n) is 2.28. The molecule has 2 rings (SSSR count). The normalized spacial score (nSPS) is 21.6. The number of aliphatic hydroxyl groups excluding tert-OH is 1. The van der Waals surface area contributed by atoms with Gasteiger partial charge in [0.1, 0.15) is 5.01 Å². The topological polar surface area (TPSA) is 87.3 Å². The van der Waals surface area contributed by atoms with Crippen LogP contribution in [-0.4, -0.2) is 39.9 Å². The second-order valence-electron chi connectivity index (χ2n) is 4.40. The number of rotatable bonds is 5. The molecule has 2 heterocycles. The molecule has 1 fully saturated rings. The lowest BCUT2D eigenvalue weighted by molar-refractivity contribution is 0.142. The number of anilines is 1. The zero-order valence-electron chi connectivity index (χ0n) is 9.80. The molecule has 1 aromatic rings. The summed E-state index contributed by atoms with van der Waals surface area (Å²) in [5.74, 6) is 5.89. The molecule has 6 nitrogen and oxygen atoms in total. The predicted octanol–water partition coefficient (Wildman–Crippen LogP) is 0.418. The minimum absolute atomic E-state index is 0.290. The van der Waals surface area contributed by atoms with E-state index < -0.39 is 0 Å². The van der Waals surface area contributed by atoms with Gasteiger partial charge in [-0.15, -0.1) is 10.2 Å². The van der Waals surface area contributed by atoms with Crippen LogP contribution in [0.1, 0.15) is 24.3 Å². The standard InChI is InChI=1S/C10H19N5OS/c11-12-10-14-13-9(17-10)7-15-4-1-2-8(6-15)3-5-16/h8,16H,1-7,11H2,(H,12,14). The number of aromatic nitrogens is 2. The molecular weight excluding hydrogens is 238 g/mol. The highest BCUT2D eigenvalue weighted by atomic mass is 32.1. The summed E-state index contributed by atoms with van der Waals surface area (Å²) < 4.78 is 0. The molecule has 4 N–H and O–H groups in total. The van der Waals surface area contributed by atoms with Gasteiger partial charge < -0.3 is 5.11 Å². The Balaban J connectivity index is 1.85. The first kappa shape index (κ1) is 12.7. The van der Waals surface area contributed by atoms with Gasteiger partial charge in [0.05, 0.1) is 6.54 Å². The Kier molecular flexibility index (Phi) is 4.66. The Labute approximate surface area is 105 Å². The van der Waals surface area contributed by atoms with Crippen molar-refractivity contribution < 1.29 is 5.11 Å². The summed E-state index contributed by atoms with van der Waals surface area (Å²) in [6, 6.07) is 0. The minimum Gasteiger partial charge on any atom is -0.396 e. The molecule has 1 aromatic heterocycles. The number of nitrogens with one attached hydrogen (secondary N) is 1. The first-order valence-electron chi connectivity index (χ1n) is 5.94. The van der Waals surface area contributed by atoms with Gasteiger partial charge in [-0.25, -0.2) is 5.84 Å². The summed E-state index contributed by atoms with van der Waals surface area (Å²) in [7, 11) is 0. The number of likely N-dealkylation sites (tertiary alicyclic amines) is 1. The molecule has 0 aliphatic carbocycles. The predicted molar refractivity (Wildman–Crippen MR) is 67.4 cm³/mol. The minimum atomic E-state index is 0.290. The van der Waals surface area contributed by atoms with E-state index in [2.05, 4.69) is 20.5 Å². The molecule has 1 atom stereocenters. The van der Waals surface area contributed by atoms with Crippen molar-refractivity contribution in [1.82, 2.24) is 15.1 Å². The lowest BCUT2D eigenvalue weighted by Gasteiger charge is -2.31. The Morgan fingerprint density at radius 3 is 3.12 bits per heavy atom. The molecule has 1 aliphatic heterocycles. The summed E-state index contributed by atoms with van der Waals surface area (Å²) in [6.07, 6.45) is 3.33. The molecule has 0 radical (unpaired) electrons. The highest BCUT2D eigenvalue weighted by molar-refractivity contribution is 7.15. The number of nitrogen functional groups attached to an aromatic ring is 1. The van der Waals surface area contributed by atoms with Crippen LogP contribution in [0.2, 0.25) is 0 Å². The third-order valence-corrected chi connectivity index (χ3v) is 3.93. The molecular formula is C10H19N5OS. The highest BCUT2D eigenvalue weighted by Gasteiger charge is 2.20. The lowest BCUT2D eigenvalue weighted by atomic mass is 9.95. The van der Waals surface area contributed by atoms with E-state index in [4.69, 9.17) is 10.9 Å². The van der Waals surface area contributed by atoms with Crippen LogP contribution < -0.4 is 11.3 Å². The fraction of sp³-hybridized carbons (Fsp3) is 0.800. The SMILES string of the molecule is NNc1nnc(CN2CCCC(CCO)C2)s1. The number of aliphatic hydroxyl groups is 1. The Bertz CT molecular complexity index is 343. The van der Waals surface area contributed by atoms with Gasteiger partial charge in [0.25, 0.3) is 0 Å². The van der Waals surface area contributed by atoms with Gasteiger partial charge in [0.15, 0.2) is 0 Å². The van der Waals surface area contributed by atoms with Crippen molar-refractivity contribution >= 4 is 16.5 Å². The van der Waals surface area contributed by atoms with Gasteiger partial charge in [0.2, 0.25) is 5.13 Å². The summed E-state index contributed by atoms with van der Waals surface area (Å²) in [5.41, 5.74) is 2.51. The summed E-state index contributed by atoms with van der Waals surface area (Å²) in [4.78, 5) is 2.38. The number of hydrogen-bond donors (Lipinski definition) is 3. The van der Waals surface area contributed by atoms with Crippen LogP contribution >= 0.6 is 11.3 Å². The summed E-state index contributed by atoms with van der Waals surface area (Å²) >= 11 is 1.49. The molecule has 0 spiro atoms. The zero-order chi connectivity index (χ0) is 12.1. The van der Waals surface area contributed by atoms with E-state index in [-0.39, 0.29) is 0 Å². The van der Waals surface area contributed by atoms with E-state index in [1.165, 1.54) is 24.2 Å². The Hall–Kier alpha value is -0.760. The van der Waals surface area contributed by atoms with E-state index in [0.29, 0.717) is 17.7 Å². The number of hydrazine groups is 1. The second kappa shape index (κ2) is 6.25. The third kappa shape index (κ3) is 3.60. The molecule has 0 aromatic carbocycles. The van der Waals surface area contributed by atoms with Gasteiger partial charge in [-0.2, -0.15) is 0 Å². The van der Waals surface area contributed by atoms with Crippen molar-refractivity contribution in [1.29, 1.82) is 0 Å². The van der Waals surface area contributed by atoms with Gasteiger partial charge in [-0.1, -0.05) is 11.3 Å². The number of nitrogens with zero attached hydrogens (tertiary/aromatic N) is 3. The molecule has 1 aliphatic rings. The summed E-state index contributed by atoms with van der Waals surface area (Å²) in [6.45, 7) is 3.28. The number of piperidine rings is 1. The molecule has 0 bridgehead atoms. The van der Waals surface area contributed by atoms with E-state index >= 15 is 0 Å². The van der Waals surface area contributed by atoms with Crippen molar-refractivity contribution in [3.8, 4) is 0 Å². The van der Waals surface area contributed by atoms with Crippen LogP contribution in [0, 0.1) is 5.92 Å². The quantitative estimate of drug-likeness (QED) is 0.523. The molecule has 0 amide bonds. The average Bonchev–Trinajstić information content (AvgIpc) is 2.78. The van der Waals surface area contributed by atoms with Crippen LogP contribution in [0.3, 0.4) is 0 Å². The Morgan fingerprint density at radius 2 is 2.41 bits per heavy atom. The maximum atomic E-state index is 8.97. The number of hydrogen-bond acceptors (Lipinski definition) is 7. The zero-order valence-corrected chi connectivity index (χ0v) is 10.6. The molecule has 0 saturated carbocycles. The van der Waals surface area contributed by atoms with Crippen molar-refractivity contribution in [3.05, 3.63) is 5.01 Å². The van der Waals surface area contributed by atoms with E-state index in [1.54, 1.807) is 0 Å². The molecule has 17 heavy (non-hydrogen) atoms. The van der Waals surface area contributed by atoms with E-state index in [1.807, 2.05) is 0 Å². The monoisotopic (exact) mass is 257 g/mol. The van der Waals surface area contributed by atoms with Crippen molar-refractivity contribution in [2.45, 2.75) is 25.8 Å². The first-order chi connectivity index (χ1) is 8.31. The highest BCUT2D eigenvalue weighted by Crippen LogP contribution is 2.22. The molecule has 1 unspecified atom stereocenters. The smallest absolute Gasteiger partial charge is 0.219 e. The van der Waals surface area contributed by atoms with E-state index in [9.17, 15) is 0 Å². The average molecular weight is 257 g/mol. The van der Waals surface area contributed by atoms with E-state index in [0.717, 1.165) is 31.1 Å². The molecule has 7 heteroatoms. The maximum Gasteiger partial charge on any atom is 0.219 e. The van der Waals surface area contributed by atoms with Gasteiger partial charge in [-0.05, 0) is 31.7 Å². The van der Waals surface area contributed by atoms with Crippen LogP contribution in [0.4, 0.5) is 5.13 Å². The summed E-state index contributed by atoms with van der Waals surface area (Å²) in [5, 5.41) is 18.6. The first-order valence-corrected chi connectivity index (χ1v) is 6.75. The molecule has 96 valence electrons. The Morgan fingerprint density at radius 1 is 1.53 bits per heavy atom. The van der Waals surface area contributed by atoms with Crippen molar-refractivity contribution in [2.75, 3.05) is 25.1 Å². The van der Waals surface area contributed by atoms with Crippen LogP contribution in [0.5, 0.6) is 0 Å². The van der Waals surface area contributed by atoms with Gasteiger partial charge in [0, 0.05) is 13.2 Å². The second-order valence-corrected chi connectivity index (χ2v) is 5.46. The van der Waals surface area contributed by atoms with Gasteiger partial charge in [-0.3, -0.25) is 10.3 Å². The third-order valence-electron chi connectivity index (χ3n) is 3.09. The fourth-order valence-corrected chi connectivity index (χ4v) is 2.97. The maximum absolute atomic E-state index is 8.97. The van der Waals surface area contributed by atoms with Gasteiger partial charge >= 0.3 is 0 Å². The van der Waals surface area contributed by atoms with Crippen LogP contribution in [0.15, 0.2) is 0 Å². The van der Waals surface area contributed by atoms with Crippen molar-refractivity contribution in [3.63, 3.8) is 0 Å². The van der Waals surface area contributed by atoms with Crippen molar-refractivity contribution in [2.24, 2.45) is 11.8 Å². The lowest BCUT2D eigenvalue weighted by Crippen LogP contribution is -2.35. The largest absolute Gasteiger partial charge is 0.396 e.